The summed E-state index contributed by atoms with van der Waals surface area (Å²) in [5, 5.41) is 11.9. The van der Waals surface area contributed by atoms with Crippen molar-refractivity contribution < 1.29 is 9.18 Å². The van der Waals surface area contributed by atoms with E-state index >= 15 is 0 Å². The van der Waals surface area contributed by atoms with Crippen LogP contribution in [0.2, 0.25) is 0 Å². The highest BCUT2D eigenvalue weighted by molar-refractivity contribution is 5.79. The fraction of sp³-hybridized carbons (Fsp3) is 0.556. The summed E-state index contributed by atoms with van der Waals surface area (Å²) in [6.07, 6.45) is 5.18. The number of nitriles is 1. The minimum Gasteiger partial charge on any atom is -0.352 e. The van der Waals surface area contributed by atoms with Gasteiger partial charge < -0.3 is 5.32 Å². The normalized spacial score (nSPS) is 22.2. The van der Waals surface area contributed by atoms with Crippen molar-refractivity contribution in [3.05, 3.63) is 35.1 Å². The monoisotopic (exact) mass is 315 g/mol. The van der Waals surface area contributed by atoms with Crippen LogP contribution in [0.5, 0.6) is 0 Å². The first-order chi connectivity index (χ1) is 11.2. The van der Waals surface area contributed by atoms with Gasteiger partial charge in [-0.2, -0.15) is 5.26 Å². The van der Waals surface area contributed by atoms with Crippen LogP contribution in [0.4, 0.5) is 4.39 Å². The zero-order valence-corrected chi connectivity index (χ0v) is 13.2. The summed E-state index contributed by atoms with van der Waals surface area (Å²) in [4.78, 5) is 14.2. The lowest BCUT2D eigenvalue weighted by molar-refractivity contribution is -0.128. The minimum atomic E-state index is -0.329. The number of hydrogen-bond donors (Lipinski definition) is 1. The fourth-order valence-corrected chi connectivity index (χ4v) is 3.29. The molecule has 0 aromatic heterocycles. The molecule has 1 saturated heterocycles. The van der Waals surface area contributed by atoms with Crippen LogP contribution in [0.1, 0.15) is 43.2 Å². The number of nitrogens with zero attached hydrogens (tertiary/aromatic N) is 2. The molecule has 1 heterocycles. The number of piperidine rings is 1. The van der Waals surface area contributed by atoms with Crippen LogP contribution >= 0.6 is 0 Å². The van der Waals surface area contributed by atoms with Crippen molar-refractivity contribution in [1.29, 1.82) is 5.26 Å². The maximum Gasteiger partial charge on any atom is 0.223 e. The molecule has 4 nitrogen and oxygen atoms in total. The van der Waals surface area contributed by atoms with E-state index in [-0.39, 0.29) is 23.7 Å². The molecule has 2 aliphatic rings. The van der Waals surface area contributed by atoms with Crippen molar-refractivity contribution in [2.45, 2.75) is 44.7 Å². The number of rotatable bonds is 4. The number of carbonyl (C=O) groups is 1. The van der Waals surface area contributed by atoms with Gasteiger partial charge in [0.25, 0.3) is 0 Å². The van der Waals surface area contributed by atoms with Crippen LogP contribution in [0.15, 0.2) is 18.2 Å². The molecule has 1 aromatic rings. The molecule has 1 saturated carbocycles. The Hall–Kier alpha value is -1.93. The average molecular weight is 315 g/mol. The minimum absolute atomic E-state index is 0.165. The van der Waals surface area contributed by atoms with Crippen molar-refractivity contribution in [2.75, 3.05) is 13.1 Å². The standard InChI is InChI=1S/C18H22FN3O/c19-17-9-13(10-20)6-7-15(17)11-22-8-2-5-16(12-22)21-18(23)14-3-1-4-14/h6-7,9,14,16H,1-5,8,11-12H2,(H,21,23). The third-order valence-corrected chi connectivity index (χ3v) is 4.90. The zero-order valence-electron chi connectivity index (χ0n) is 13.2. The van der Waals surface area contributed by atoms with Gasteiger partial charge in [-0.15, -0.1) is 0 Å². The van der Waals surface area contributed by atoms with Gasteiger partial charge in [0.05, 0.1) is 11.6 Å². The van der Waals surface area contributed by atoms with E-state index in [4.69, 9.17) is 5.26 Å². The molecule has 0 bridgehead atoms. The van der Waals surface area contributed by atoms with E-state index in [1.54, 1.807) is 12.1 Å². The number of carbonyl (C=O) groups excluding carboxylic acids is 1. The summed E-state index contributed by atoms with van der Waals surface area (Å²) in [5.41, 5.74) is 0.950. The van der Waals surface area contributed by atoms with Gasteiger partial charge in [-0.3, -0.25) is 9.69 Å². The molecule has 1 amide bonds. The van der Waals surface area contributed by atoms with Crippen LogP contribution in [-0.4, -0.2) is 29.9 Å². The molecule has 23 heavy (non-hydrogen) atoms. The first kappa shape index (κ1) is 15.9. The number of hydrogen-bond acceptors (Lipinski definition) is 3. The molecule has 1 aromatic carbocycles. The summed E-state index contributed by atoms with van der Waals surface area (Å²) in [7, 11) is 0. The second-order valence-corrected chi connectivity index (χ2v) is 6.63. The smallest absolute Gasteiger partial charge is 0.223 e. The Morgan fingerprint density at radius 3 is 2.83 bits per heavy atom. The Balaban J connectivity index is 1.56. The number of likely N-dealkylation sites (tertiary alicyclic amines) is 1. The van der Waals surface area contributed by atoms with E-state index in [9.17, 15) is 9.18 Å². The average Bonchev–Trinajstić information content (AvgIpc) is 2.48. The Morgan fingerprint density at radius 1 is 1.35 bits per heavy atom. The first-order valence-electron chi connectivity index (χ1n) is 8.37. The summed E-state index contributed by atoms with van der Waals surface area (Å²) in [6, 6.07) is 6.74. The highest BCUT2D eigenvalue weighted by Crippen LogP contribution is 2.27. The van der Waals surface area contributed by atoms with Gasteiger partial charge in [0.15, 0.2) is 0 Å². The molecule has 5 heteroatoms. The number of halogens is 1. The first-order valence-corrected chi connectivity index (χ1v) is 8.37. The van der Waals surface area contributed by atoms with E-state index in [2.05, 4.69) is 10.2 Å². The molecule has 0 radical (unpaired) electrons. The topological polar surface area (TPSA) is 56.1 Å². The van der Waals surface area contributed by atoms with Crippen LogP contribution in [0.25, 0.3) is 0 Å². The molecule has 0 spiro atoms. The zero-order chi connectivity index (χ0) is 16.2. The van der Waals surface area contributed by atoms with Gasteiger partial charge in [0.2, 0.25) is 5.91 Å². The van der Waals surface area contributed by atoms with E-state index in [1.165, 1.54) is 6.07 Å². The molecule has 1 aliphatic carbocycles. The van der Waals surface area contributed by atoms with Crippen LogP contribution in [0.3, 0.4) is 0 Å². The molecule has 2 fully saturated rings. The van der Waals surface area contributed by atoms with Gasteiger partial charge in [-0.1, -0.05) is 12.5 Å². The predicted molar refractivity (Wildman–Crippen MR) is 84.9 cm³/mol. The number of benzene rings is 1. The van der Waals surface area contributed by atoms with Gasteiger partial charge in [0, 0.05) is 30.6 Å². The third-order valence-electron chi connectivity index (χ3n) is 4.90. The van der Waals surface area contributed by atoms with E-state index in [0.717, 1.165) is 45.2 Å². The number of nitrogens with one attached hydrogen (secondary N) is 1. The lowest BCUT2D eigenvalue weighted by Crippen LogP contribution is -2.49. The summed E-state index contributed by atoms with van der Waals surface area (Å²) < 4.78 is 14.0. The lowest BCUT2D eigenvalue weighted by Gasteiger charge is -2.35. The molecular weight excluding hydrogens is 293 g/mol. The molecule has 1 aliphatic heterocycles. The highest BCUT2D eigenvalue weighted by atomic mass is 19.1. The second-order valence-electron chi connectivity index (χ2n) is 6.63. The third kappa shape index (κ3) is 3.89. The van der Waals surface area contributed by atoms with E-state index in [0.29, 0.717) is 17.7 Å². The van der Waals surface area contributed by atoms with Crippen molar-refractivity contribution in [3.63, 3.8) is 0 Å². The van der Waals surface area contributed by atoms with Crippen LogP contribution in [0, 0.1) is 23.1 Å². The highest BCUT2D eigenvalue weighted by Gasteiger charge is 2.28. The van der Waals surface area contributed by atoms with Gasteiger partial charge >= 0.3 is 0 Å². The van der Waals surface area contributed by atoms with Gasteiger partial charge in [-0.05, 0) is 44.4 Å². The molecule has 1 atom stereocenters. The van der Waals surface area contributed by atoms with Crippen LogP contribution in [-0.2, 0) is 11.3 Å². The summed E-state index contributed by atoms with van der Waals surface area (Å²) >= 11 is 0. The van der Waals surface area contributed by atoms with E-state index in [1.807, 2.05) is 6.07 Å². The molecule has 122 valence electrons. The number of amides is 1. The Kier molecular flexibility index (Phi) is 4.92. The fourth-order valence-electron chi connectivity index (χ4n) is 3.29. The van der Waals surface area contributed by atoms with Crippen molar-refractivity contribution in [3.8, 4) is 6.07 Å². The Labute approximate surface area is 136 Å². The SMILES string of the molecule is N#Cc1ccc(CN2CCCC(NC(=O)C3CCC3)C2)c(F)c1. The maximum absolute atomic E-state index is 14.0. The second kappa shape index (κ2) is 7.10. The van der Waals surface area contributed by atoms with Gasteiger partial charge in [0.1, 0.15) is 5.82 Å². The maximum atomic E-state index is 14.0. The Morgan fingerprint density at radius 2 is 2.17 bits per heavy atom. The quantitative estimate of drug-likeness (QED) is 0.929. The lowest BCUT2D eigenvalue weighted by atomic mass is 9.84. The molecule has 3 rings (SSSR count). The summed E-state index contributed by atoms with van der Waals surface area (Å²) in [6.45, 7) is 2.19. The van der Waals surface area contributed by atoms with Crippen molar-refractivity contribution in [1.82, 2.24) is 10.2 Å². The largest absolute Gasteiger partial charge is 0.352 e. The molecular formula is C18H22FN3O. The molecule has 1 unspecified atom stereocenters. The predicted octanol–water partition coefficient (Wildman–Crippen LogP) is 2.58. The van der Waals surface area contributed by atoms with Crippen LogP contribution < -0.4 is 5.32 Å². The summed E-state index contributed by atoms with van der Waals surface area (Å²) in [5.74, 6) is 0.0682. The van der Waals surface area contributed by atoms with E-state index < -0.39 is 0 Å². The van der Waals surface area contributed by atoms with Gasteiger partial charge in [-0.25, -0.2) is 4.39 Å². The Bertz CT molecular complexity index is 621. The van der Waals surface area contributed by atoms with Crippen molar-refractivity contribution >= 4 is 5.91 Å². The van der Waals surface area contributed by atoms with Crippen molar-refractivity contribution in [2.24, 2.45) is 5.92 Å². The molecule has 1 N–H and O–H groups in total.